The molecular weight excluding hydrogens is 320 g/mol. The van der Waals surface area contributed by atoms with Crippen LogP contribution in [0.3, 0.4) is 0 Å². The Bertz CT molecular complexity index is 1040. The molecule has 26 heavy (non-hydrogen) atoms. The van der Waals surface area contributed by atoms with Crippen molar-refractivity contribution in [2.24, 2.45) is 0 Å². The topological polar surface area (TPSA) is 63.8 Å². The van der Waals surface area contributed by atoms with E-state index >= 15 is 0 Å². The van der Waals surface area contributed by atoms with Crippen molar-refractivity contribution in [3.63, 3.8) is 0 Å². The van der Waals surface area contributed by atoms with Crippen LogP contribution in [0.15, 0.2) is 79.1 Å². The van der Waals surface area contributed by atoms with Crippen molar-refractivity contribution < 1.29 is 0 Å². The van der Waals surface area contributed by atoms with Crippen LogP contribution in [0.2, 0.25) is 0 Å². The third kappa shape index (κ3) is 3.09. The number of hydrogen-bond donors (Lipinski definition) is 2. The van der Waals surface area contributed by atoms with Gasteiger partial charge in [-0.2, -0.15) is 0 Å². The van der Waals surface area contributed by atoms with Gasteiger partial charge in [-0.05, 0) is 30.7 Å². The fourth-order valence-electron chi connectivity index (χ4n) is 3.12. The number of nitrogen functional groups attached to an aromatic ring is 1. The Kier molecular flexibility index (Phi) is 4.23. The quantitative estimate of drug-likeness (QED) is 0.545. The molecule has 4 heteroatoms. The predicted molar refractivity (Wildman–Crippen MR) is 108 cm³/mol. The monoisotopic (exact) mass is 340 g/mol. The summed E-state index contributed by atoms with van der Waals surface area (Å²) in [6, 6.07) is 22.5. The number of rotatable bonds is 4. The summed E-state index contributed by atoms with van der Waals surface area (Å²) in [6.45, 7) is 2.12. The zero-order valence-corrected chi connectivity index (χ0v) is 14.6. The fourth-order valence-corrected chi connectivity index (χ4v) is 3.12. The number of benzene rings is 2. The van der Waals surface area contributed by atoms with Gasteiger partial charge in [0.05, 0.1) is 28.8 Å². The number of pyridine rings is 2. The lowest BCUT2D eigenvalue weighted by Crippen LogP contribution is -2.08. The lowest BCUT2D eigenvalue weighted by molar-refractivity contribution is 0.885. The van der Waals surface area contributed by atoms with Gasteiger partial charge in [0.15, 0.2) is 0 Å². The molecule has 0 unspecified atom stereocenters. The minimum atomic E-state index is 0.142. The van der Waals surface area contributed by atoms with Gasteiger partial charge in [0, 0.05) is 23.2 Å². The average Bonchev–Trinajstić information content (AvgIpc) is 2.70. The number of nitrogens with zero attached hydrogens (tertiary/aromatic N) is 2. The van der Waals surface area contributed by atoms with Crippen LogP contribution in [0, 0.1) is 0 Å². The van der Waals surface area contributed by atoms with Crippen LogP contribution in [0.5, 0.6) is 0 Å². The molecule has 0 aliphatic carbocycles. The Morgan fingerprint density at radius 1 is 0.923 bits per heavy atom. The summed E-state index contributed by atoms with van der Waals surface area (Å²) in [4.78, 5) is 8.97. The number of aromatic nitrogens is 2. The van der Waals surface area contributed by atoms with Gasteiger partial charge in [0.2, 0.25) is 0 Å². The normalized spacial score (nSPS) is 12.0. The molecule has 128 valence electrons. The Balaban J connectivity index is 1.72. The zero-order chi connectivity index (χ0) is 17.9. The van der Waals surface area contributed by atoms with Gasteiger partial charge >= 0.3 is 0 Å². The highest BCUT2D eigenvalue weighted by atomic mass is 14.9. The summed E-state index contributed by atoms with van der Waals surface area (Å²) in [7, 11) is 0. The van der Waals surface area contributed by atoms with Crippen molar-refractivity contribution in [2.75, 3.05) is 11.1 Å². The number of fused-ring (bicyclic) bond motifs is 1. The summed E-state index contributed by atoms with van der Waals surface area (Å²) in [6.07, 6.45) is 3.52. The number of nitrogens with two attached hydrogens (primary N) is 1. The van der Waals surface area contributed by atoms with E-state index in [-0.39, 0.29) is 6.04 Å². The van der Waals surface area contributed by atoms with E-state index in [1.54, 1.807) is 12.4 Å². The maximum absolute atomic E-state index is 6.17. The van der Waals surface area contributed by atoms with Crippen molar-refractivity contribution in [3.05, 3.63) is 84.7 Å². The van der Waals surface area contributed by atoms with Gasteiger partial charge in [-0.3, -0.25) is 9.97 Å². The maximum Gasteiger partial charge on any atom is 0.0736 e. The van der Waals surface area contributed by atoms with Gasteiger partial charge in [-0.25, -0.2) is 0 Å². The van der Waals surface area contributed by atoms with Gasteiger partial charge in [0.1, 0.15) is 0 Å². The molecular formula is C22H20N4. The largest absolute Gasteiger partial charge is 0.396 e. The SMILES string of the molecule is C[C@@H](Nc1cc(-c2cccc3ncccc23)ncc1N)c1ccccc1. The van der Waals surface area contributed by atoms with Gasteiger partial charge < -0.3 is 11.1 Å². The van der Waals surface area contributed by atoms with E-state index in [2.05, 4.69) is 46.5 Å². The first-order valence-electron chi connectivity index (χ1n) is 8.63. The van der Waals surface area contributed by atoms with Gasteiger partial charge in [0.25, 0.3) is 0 Å². The second kappa shape index (κ2) is 6.84. The van der Waals surface area contributed by atoms with Crippen LogP contribution in [0.25, 0.3) is 22.2 Å². The molecule has 2 heterocycles. The molecule has 0 saturated heterocycles. The molecule has 0 spiro atoms. The standard InChI is InChI=1S/C22H20N4/c1-15(16-7-3-2-4-8-16)26-22-13-21(25-14-19(22)23)18-9-5-11-20-17(18)10-6-12-24-20/h2-15H,23H2,1H3,(H,25,26)/t15-/m1/s1. The van der Waals surface area contributed by atoms with Crippen molar-refractivity contribution in [3.8, 4) is 11.3 Å². The van der Waals surface area contributed by atoms with Crippen molar-refractivity contribution >= 4 is 22.3 Å². The highest BCUT2D eigenvalue weighted by Gasteiger charge is 2.11. The first-order valence-corrected chi connectivity index (χ1v) is 8.63. The number of hydrogen-bond acceptors (Lipinski definition) is 4. The van der Waals surface area contributed by atoms with Gasteiger partial charge in [-0.1, -0.05) is 48.5 Å². The molecule has 2 aromatic heterocycles. The third-order valence-electron chi connectivity index (χ3n) is 4.53. The molecule has 0 aliphatic heterocycles. The first kappa shape index (κ1) is 16.1. The molecule has 0 radical (unpaired) electrons. The minimum Gasteiger partial charge on any atom is -0.396 e. The van der Waals surface area contributed by atoms with Gasteiger partial charge in [-0.15, -0.1) is 0 Å². The van der Waals surface area contributed by atoms with Crippen LogP contribution in [-0.4, -0.2) is 9.97 Å². The Hall–Kier alpha value is -3.40. The summed E-state index contributed by atoms with van der Waals surface area (Å²) in [5.74, 6) is 0. The molecule has 0 bridgehead atoms. The molecule has 0 aliphatic rings. The summed E-state index contributed by atoms with van der Waals surface area (Å²) in [5, 5.41) is 4.58. The summed E-state index contributed by atoms with van der Waals surface area (Å²) in [5.41, 5.74) is 11.8. The lowest BCUT2D eigenvalue weighted by Gasteiger charge is -2.18. The summed E-state index contributed by atoms with van der Waals surface area (Å²) >= 11 is 0. The minimum absolute atomic E-state index is 0.142. The predicted octanol–water partition coefficient (Wildman–Crippen LogP) is 5.05. The fraction of sp³-hybridized carbons (Fsp3) is 0.0909. The highest BCUT2D eigenvalue weighted by molar-refractivity contribution is 5.94. The molecule has 0 amide bonds. The average molecular weight is 340 g/mol. The van der Waals surface area contributed by atoms with Crippen LogP contribution < -0.4 is 11.1 Å². The van der Waals surface area contributed by atoms with Crippen LogP contribution in [0.1, 0.15) is 18.5 Å². The van der Waals surface area contributed by atoms with Crippen LogP contribution in [0.4, 0.5) is 11.4 Å². The first-order chi connectivity index (χ1) is 12.7. The third-order valence-corrected chi connectivity index (χ3v) is 4.53. The van der Waals surface area contributed by atoms with E-state index in [4.69, 9.17) is 5.73 Å². The molecule has 0 fully saturated rings. The van der Waals surface area contributed by atoms with E-state index in [0.717, 1.165) is 27.8 Å². The highest BCUT2D eigenvalue weighted by Crippen LogP contribution is 2.31. The van der Waals surface area contributed by atoms with Crippen LogP contribution in [-0.2, 0) is 0 Å². The van der Waals surface area contributed by atoms with Crippen LogP contribution >= 0.6 is 0 Å². The van der Waals surface area contributed by atoms with Crippen molar-refractivity contribution in [1.82, 2.24) is 9.97 Å². The second-order valence-corrected chi connectivity index (χ2v) is 6.31. The Labute approximate surface area is 152 Å². The van der Waals surface area contributed by atoms with Crippen molar-refractivity contribution in [1.29, 1.82) is 0 Å². The maximum atomic E-state index is 6.17. The van der Waals surface area contributed by atoms with E-state index < -0.39 is 0 Å². The Morgan fingerprint density at radius 3 is 2.62 bits per heavy atom. The van der Waals surface area contributed by atoms with Crippen molar-refractivity contribution in [2.45, 2.75) is 13.0 Å². The number of anilines is 2. The Morgan fingerprint density at radius 2 is 1.77 bits per heavy atom. The zero-order valence-electron chi connectivity index (χ0n) is 14.6. The summed E-state index contributed by atoms with van der Waals surface area (Å²) < 4.78 is 0. The molecule has 4 nitrogen and oxygen atoms in total. The number of nitrogens with one attached hydrogen (secondary N) is 1. The van der Waals surface area contributed by atoms with E-state index in [0.29, 0.717) is 5.69 Å². The van der Waals surface area contributed by atoms with E-state index in [1.165, 1.54) is 5.56 Å². The second-order valence-electron chi connectivity index (χ2n) is 6.31. The molecule has 1 atom stereocenters. The van der Waals surface area contributed by atoms with E-state index in [9.17, 15) is 0 Å². The van der Waals surface area contributed by atoms with E-state index in [1.807, 2.05) is 42.5 Å². The lowest BCUT2D eigenvalue weighted by atomic mass is 10.0. The molecule has 3 N–H and O–H groups in total. The molecule has 0 saturated carbocycles. The molecule has 4 rings (SSSR count). The molecule has 4 aromatic rings. The molecule has 2 aromatic carbocycles. The smallest absolute Gasteiger partial charge is 0.0736 e.